The van der Waals surface area contributed by atoms with Crippen LogP contribution >= 0.6 is 0 Å². The standard InChI is InChI=1S/C14H21FN2/c1-10-3-5-12(6-4-10)8-17-14-11(2)7-16-9-13(14)15/h3-6,11,13-14,16-17H,7-9H2,1-2H3. The van der Waals surface area contributed by atoms with E-state index >= 15 is 0 Å². The summed E-state index contributed by atoms with van der Waals surface area (Å²) in [7, 11) is 0. The molecule has 2 N–H and O–H groups in total. The molecule has 17 heavy (non-hydrogen) atoms. The van der Waals surface area contributed by atoms with Gasteiger partial charge in [0.15, 0.2) is 0 Å². The van der Waals surface area contributed by atoms with Crippen molar-refractivity contribution >= 4 is 0 Å². The van der Waals surface area contributed by atoms with E-state index in [2.05, 4.69) is 48.7 Å². The Kier molecular flexibility index (Phi) is 4.13. The Morgan fingerprint density at radius 1 is 1.29 bits per heavy atom. The first-order chi connectivity index (χ1) is 8.16. The highest BCUT2D eigenvalue weighted by Crippen LogP contribution is 2.15. The van der Waals surface area contributed by atoms with Gasteiger partial charge in [-0.05, 0) is 24.9 Å². The van der Waals surface area contributed by atoms with Crippen LogP contribution in [0.1, 0.15) is 18.1 Å². The summed E-state index contributed by atoms with van der Waals surface area (Å²) >= 11 is 0. The van der Waals surface area contributed by atoms with Crippen molar-refractivity contribution in [1.29, 1.82) is 0 Å². The molecule has 3 atom stereocenters. The Hall–Kier alpha value is -0.930. The van der Waals surface area contributed by atoms with Crippen LogP contribution in [0.5, 0.6) is 0 Å². The molecule has 1 aromatic carbocycles. The Bertz CT molecular complexity index is 340. The maximum Gasteiger partial charge on any atom is 0.128 e. The van der Waals surface area contributed by atoms with Crippen molar-refractivity contribution in [2.24, 2.45) is 5.92 Å². The van der Waals surface area contributed by atoms with Crippen molar-refractivity contribution in [3.63, 3.8) is 0 Å². The number of hydrogen-bond acceptors (Lipinski definition) is 2. The number of aryl methyl sites for hydroxylation is 1. The second kappa shape index (κ2) is 5.61. The van der Waals surface area contributed by atoms with E-state index in [1.54, 1.807) is 0 Å². The Balaban J connectivity index is 1.90. The molecule has 3 unspecified atom stereocenters. The third-order valence-corrected chi connectivity index (χ3v) is 3.47. The van der Waals surface area contributed by atoms with E-state index < -0.39 is 6.17 Å². The first-order valence-corrected chi connectivity index (χ1v) is 6.30. The van der Waals surface area contributed by atoms with Crippen LogP contribution in [0.2, 0.25) is 0 Å². The summed E-state index contributed by atoms with van der Waals surface area (Å²) in [6.07, 6.45) is -0.788. The summed E-state index contributed by atoms with van der Waals surface area (Å²) < 4.78 is 13.7. The van der Waals surface area contributed by atoms with Crippen molar-refractivity contribution in [3.8, 4) is 0 Å². The Morgan fingerprint density at radius 3 is 2.65 bits per heavy atom. The van der Waals surface area contributed by atoms with Crippen LogP contribution in [0.25, 0.3) is 0 Å². The molecule has 0 aromatic heterocycles. The summed E-state index contributed by atoms with van der Waals surface area (Å²) in [4.78, 5) is 0. The molecule has 0 saturated carbocycles. The maximum atomic E-state index is 13.7. The molecule has 1 aliphatic heterocycles. The van der Waals surface area contributed by atoms with Crippen molar-refractivity contribution in [1.82, 2.24) is 10.6 Å². The van der Waals surface area contributed by atoms with Gasteiger partial charge in [-0.3, -0.25) is 0 Å². The monoisotopic (exact) mass is 236 g/mol. The van der Waals surface area contributed by atoms with Gasteiger partial charge in [-0.15, -0.1) is 0 Å². The van der Waals surface area contributed by atoms with E-state index in [4.69, 9.17) is 0 Å². The van der Waals surface area contributed by atoms with Crippen LogP contribution in [-0.4, -0.2) is 25.3 Å². The fraction of sp³-hybridized carbons (Fsp3) is 0.571. The quantitative estimate of drug-likeness (QED) is 0.839. The predicted molar refractivity (Wildman–Crippen MR) is 68.7 cm³/mol. The molecule has 0 amide bonds. The number of piperidine rings is 1. The van der Waals surface area contributed by atoms with Crippen LogP contribution in [-0.2, 0) is 6.54 Å². The Morgan fingerprint density at radius 2 is 2.00 bits per heavy atom. The summed E-state index contributed by atoms with van der Waals surface area (Å²) in [6.45, 7) is 6.27. The highest BCUT2D eigenvalue weighted by molar-refractivity contribution is 5.21. The minimum atomic E-state index is -0.788. The molecule has 1 saturated heterocycles. The molecule has 0 spiro atoms. The highest BCUT2D eigenvalue weighted by Gasteiger charge is 2.29. The van der Waals surface area contributed by atoms with Gasteiger partial charge in [-0.25, -0.2) is 4.39 Å². The van der Waals surface area contributed by atoms with E-state index in [0.717, 1.165) is 13.1 Å². The lowest BCUT2D eigenvalue weighted by Gasteiger charge is -2.33. The predicted octanol–water partition coefficient (Wildman–Crippen LogP) is 2.03. The minimum Gasteiger partial charge on any atom is -0.313 e. The number of halogens is 1. The molecule has 0 bridgehead atoms. The lowest BCUT2D eigenvalue weighted by Crippen LogP contribution is -2.54. The van der Waals surface area contributed by atoms with Gasteiger partial charge in [0.05, 0.1) is 0 Å². The van der Waals surface area contributed by atoms with Gasteiger partial charge in [-0.2, -0.15) is 0 Å². The lowest BCUT2D eigenvalue weighted by atomic mass is 9.93. The summed E-state index contributed by atoms with van der Waals surface area (Å²) in [5.41, 5.74) is 2.47. The number of hydrogen-bond donors (Lipinski definition) is 2. The number of alkyl halides is 1. The average Bonchev–Trinajstić information content (AvgIpc) is 2.31. The van der Waals surface area contributed by atoms with Gasteiger partial charge < -0.3 is 10.6 Å². The fourth-order valence-electron chi connectivity index (χ4n) is 2.33. The van der Waals surface area contributed by atoms with Gasteiger partial charge >= 0.3 is 0 Å². The largest absolute Gasteiger partial charge is 0.313 e. The lowest BCUT2D eigenvalue weighted by molar-refractivity contribution is 0.157. The SMILES string of the molecule is Cc1ccc(CNC2C(C)CNCC2F)cc1. The number of rotatable bonds is 3. The smallest absolute Gasteiger partial charge is 0.128 e. The average molecular weight is 236 g/mol. The van der Waals surface area contributed by atoms with Crippen LogP contribution in [0.3, 0.4) is 0 Å². The topological polar surface area (TPSA) is 24.1 Å². The molecule has 1 aliphatic rings. The van der Waals surface area contributed by atoms with Crippen LogP contribution in [0, 0.1) is 12.8 Å². The maximum absolute atomic E-state index is 13.7. The molecule has 3 heteroatoms. The Labute approximate surface area is 103 Å². The fourth-order valence-corrected chi connectivity index (χ4v) is 2.33. The number of nitrogens with one attached hydrogen (secondary N) is 2. The van der Waals surface area contributed by atoms with E-state index in [-0.39, 0.29) is 6.04 Å². The van der Waals surface area contributed by atoms with E-state index in [0.29, 0.717) is 12.5 Å². The molecule has 2 rings (SSSR count). The molecule has 0 radical (unpaired) electrons. The van der Waals surface area contributed by atoms with Gasteiger partial charge in [-0.1, -0.05) is 36.8 Å². The summed E-state index contributed by atoms with van der Waals surface area (Å²) in [6, 6.07) is 8.35. The minimum absolute atomic E-state index is 0.0300. The van der Waals surface area contributed by atoms with Crippen LogP contribution < -0.4 is 10.6 Å². The van der Waals surface area contributed by atoms with Crippen LogP contribution in [0.15, 0.2) is 24.3 Å². The van der Waals surface area contributed by atoms with Crippen molar-refractivity contribution in [2.75, 3.05) is 13.1 Å². The molecular formula is C14H21FN2. The summed E-state index contributed by atoms with van der Waals surface area (Å²) in [5.74, 6) is 0.337. The molecule has 0 aliphatic carbocycles. The highest BCUT2D eigenvalue weighted by atomic mass is 19.1. The molecule has 94 valence electrons. The van der Waals surface area contributed by atoms with Gasteiger partial charge in [0, 0.05) is 19.1 Å². The van der Waals surface area contributed by atoms with E-state index in [9.17, 15) is 4.39 Å². The van der Waals surface area contributed by atoms with Crippen molar-refractivity contribution in [3.05, 3.63) is 35.4 Å². The first-order valence-electron chi connectivity index (χ1n) is 6.30. The third kappa shape index (κ3) is 3.27. The van der Waals surface area contributed by atoms with Gasteiger partial charge in [0.25, 0.3) is 0 Å². The zero-order chi connectivity index (χ0) is 12.3. The zero-order valence-electron chi connectivity index (χ0n) is 10.5. The van der Waals surface area contributed by atoms with Gasteiger partial charge in [0.2, 0.25) is 0 Å². The van der Waals surface area contributed by atoms with E-state index in [1.807, 2.05) is 0 Å². The second-order valence-electron chi connectivity index (χ2n) is 5.04. The normalized spacial score (nSPS) is 29.2. The first kappa shape index (κ1) is 12.5. The third-order valence-electron chi connectivity index (χ3n) is 3.47. The van der Waals surface area contributed by atoms with Crippen LogP contribution in [0.4, 0.5) is 4.39 Å². The van der Waals surface area contributed by atoms with Gasteiger partial charge in [0.1, 0.15) is 6.17 Å². The summed E-state index contributed by atoms with van der Waals surface area (Å²) in [5, 5.41) is 6.45. The molecule has 2 nitrogen and oxygen atoms in total. The van der Waals surface area contributed by atoms with E-state index in [1.165, 1.54) is 11.1 Å². The molecular weight excluding hydrogens is 215 g/mol. The molecule has 1 fully saturated rings. The zero-order valence-corrected chi connectivity index (χ0v) is 10.5. The number of benzene rings is 1. The molecule has 1 aromatic rings. The molecule has 1 heterocycles. The van der Waals surface area contributed by atoms with Crippen molar-refractivity contribution < 1.29 is 4.39 Å². The second-order valence-corrected chi connectivity index (χ2v) is 5.04. The van der Waals surface area contributed by atoms with Crippen molar-refractivity contribution in [2.45, 2.75) is 32.6 Å².